The van der Waals surface area contributed by atoms with Crippen LogP contribution >= 0.6 is 0 Å². The molecule has 3 nitrogen and oxygen atoms in total. The summed E-state index contributed by atoms with van der Waals surface area (Å²) in [4.78, 5) is 12.9. The van der Waals surface area contributed by atoms with Crippen LogP contribution < -0.4 is 11.3 Å². The molecule has 0 bridgehead atoms. The number of aromatic nitrogens is 1. The van der Waals surface area contributed by atoms with E-state index in [-0.39, 0.29) is 11.6 Å². The van der Waals surface area contributed by atoms with Crippen LogP contribution in [0.15, 0.2) is 35.1 Å². The van der Waals surface area contributed by atoms with Gasteiger partial charge in [0.15, 0.2) is 0 Å². The Labute approximate surface area is 131 Å². The summed E-state index contributed by atoms with van der Waals surface area (Å²) in [6.45, 7) is 4.95. The molecule has 116 valence electrons. The Bertz CT molecular complexity index is 728. The molecule has 0 aliphatic heterocycles. The number of hydrogen-bond donors (Lipinski definition) is 1. The van der Waals surface area contributed by atoms with Gasteiger partial charge in [-0.2, -0.15) is 0 Å². The maximum absolute atomic E-state index is 12.9. The molecule has 0 saturated carbocycles. The molecule has 0 spiro atoms. The van der Waals surface area contributed by atoms with E-state index >= 15 is 0 Å². The standard InChI is InChI=1S/C19H24N2O/c1-3-11-21-17-6-4-5-15(17)12-16(19(21)22)18(20)14-9-7-13(2)8-10-14/h7-10,12,18H,3-6,11,20H2,1-2H3. The topological polar surface area (TPSA) is 48.0 Å². The molecule has 3 rings (SSSR count). The molecule has 2 N–H and O–H groups in total. The first kappa shape index (κ1) is 15.0. The minimum absolute atomic E-state index is 0.0931. The van der Waals surface area contributed by atoms with Gasteiger partial charge in [-0.05, 0) is 49.8 Å². The van der Waals surface area contributed by atoms with E-state index in [0.29, 0.717) is 0 Å². The summed E-state index contributed by atoms with van der Waals surface area (Å²) in [5, 5.41) is 0. The van der Waals surface area contributed by atoms with Crippen LogP contribution in [0.5, 0.6) is 0 Å². The van der Waals surface area contributed by atoms with E-state index in [1.54, 1.807) is 0 Å². The summed E-state index contributed by atoms with van der Waals surface area (Å²) in [5.74, 6) is 0. The number of hydrogen-bond acceptors (Lipinski definition) is 2. The van der Waals surface area contributed by atoms with Crippen molar-refractivity contribution in [3.8, 4) is 0 Å². The lowest BCUT2D eigenvalue weighted by Crippen LogP contribution is -2.31. The van der Waals surface area contributed by atoms with E-state index in [9.17, 15) is 4.79 Å². The molecule has 3 heteroatoms. The third-order valence-electron chi connectivity index (χ3n) is 4.60. The van der Waals surface area contributed by atoms with Gasteiger partial charge in [0.25, 0.3) is 5.56 Å². The van der Waals surface area contributed by atoms with E-state index in [2.05, 4.69) is 19.9 Å². The van der Waals surface area contributed by atoms with E-state index in [1.807, 2.05) is 28.8 Å². The highest BCUT2D eigenvalue weighted by Crippen LogP contribution is 2.25. The number of fused-ring (bicyclic) bond motifs is 1. The van der Waals surface area contributed by atoms with Crippen molar-refractivity contribution >= 4 is 0 Å². The third kappa shape index (κ3) is 2.61. The van der Waals surface area contributed by atoms with E-state index in [4.69, 9.17) is 5.73 Å². The van der Waals surface area contributed by atoms with Crippen LogP contribution in [0.1, 0.15) is 53.8 Å². The molecule has 1 aliphatic rings. The van der Waals surface area contributed by atoms with Crippen molar-refractivity contribution in [2.45, 2.75) is 52.1 Å². The lowest BCUT2D eigenvalue weighted by Gasteiger charge is -2.18. The van der Waals surface area contributed by atoms with Gasteiger partial charge < -0.3 is 10.3 Å². The monoisotopic (exact) mass is 296 g/mol. The van der Waals surface area contributed by atoms with Gasteiger partial charge in [0.2, 0.25) is 0 Å². The van der Waals surface area contributed by atoms with Gasteiger partial charge in [0.1, 0.15) is 0 Å². The zero-order valence-electron chi connectivity index (χ0n) is 13.4. The first-order chi connectivity index (χ1) is 10.6. The van der Waals surface area contributed by atoms with Crippen molar-refractivity contribution in [1.82, 2.24) is 4.57 Å². The fourth-order valence-corrected chi connectivity index (χ4v) is 3.38. The Morgan fingerprint density at radius 1 is 1.23 bits per heavy atom. The third-order valence-corrected chi connectivity index (χ3v) is 4.60. The molecule has 1 aliphatic carbocycles. The van der Waals surface area contributed by atoms with Gasteiger partial charge >= 0.3 is 0 Å². The molecule has 0 fully saturated rings. The second-order valence-corrected chi connectivity index (χ2v) is 6.27. The zero-order chi connectivity index (χ0) is 15.7. The van der Waals surface area contributed by atoms with E-state index in [1.165, 1.54) is 16.8 Å². The van der Waals surface area contributed by atoms with Gasteiger partial charge in [0.05, 0.1) is 6.04 Å². The summed E-state index contributed by atoms with van der Waals surface area (Å²) in [6.07, 6.45) is 4.19. The molecule has 1 atom stereocenters. The van der Waals surface area contributed by atoms with Gasteiger partial charge in [-0.1, -0.05) is 36.8 Å². The Hall–Kier alpha value is -1.87. The number of pyridine rings is 1. The maximum Gasteiger partial charge on any atom is 0.255 e. The molecule has 1 aromatic heterocycles. The van der Waals surface area contributed by atoms with Crippen LogP contribution in [0.3, 0.4) is 0 Å². The molecule has 0 saturated heterocycles. The van der Waals surface area contributed by atoms with Crippen LogP contribution in [-0.4, -0.2) is 4.57 Å². The number of aryl methyl sites for hydroxylation is 2. The lowest BCUT2D eigenvalue weighted by atomic mass is 9.98. The minimum atomic E-state index is -0.345. The van der Waals surface area contributed by atoms with Crippen molar-refractivity contribution in [1.29, 1.82) is 0 Å². The minimum Gasteiger partial charge on any atom is -0.320 e. The van der Waals surface area contributed by atoms with Crippen LogP contribution in [0, 0.1) is 6.92 Å². The highest BCUT2D eigenvalue weighted by Gasteiger charge is 2.22. The van der Waals surface area contributed by atoms with Gasteiger partial charge in [-0.25, -0.2) is 0 Å². The highest BCUT2D eigenvalue weighted by molar-refractivity contribution is 5.37. The molecule has 22 heavy (non-hydrogen) atoms. The normalized spacial score (nSPS) is 14.9. The van der Waals surface area contributed by atoms with Crippen LogP contribution in [0.25, 0.3) is 0 Å². The largest absolute Gasteiger partial charge is 0.320 e. The average Bonchev–Trinajstić information content (AvgIpc) is 2.98. The Morgan fingerprint density at radius 2 is 1.95 bits per heavy atom. The first-order valence-electron chi connectivity index (χ1n) is 8.19. The molecule has 1 heterocycles. The number of nitrogens with two attached hydrogens (primary N) is 1. The summed E-state index contributed by atoms with van der Waals surface area (Å²) < 4.78 is 1.96. The number of benzene rings is 1. The molecular weight excluding hydrogens is 272 g/mol. The van der Waals surface area contributed by atoms with Crippen molar-refractivity contribution in [2.75, 3.05) is 0 Å². The van der Waals surface area contributed by atoms with Crippen molar-refractivity contribution in [2.24, 2.45) is 5.73 Å². The van der Waals surface area contributed by atoms with Crippen LogP contribution in [0.4, 0.5) is 0 Å². The van der Waals surface area contributed by atoms with Crippen LogP contribution in [0.2, 0.25) is 0 Å². The first-order valence-corrected chi connectivity index (χ1v) is 8.19. The lowest BCUT2D eigenvalue weighted by molar-refractivity contribution is 0.612. The smallest absolute Gasteiger partial charge is 0.255 e. The van der Waals surface area contributed by atoms with Crippen molar-refractivity contribution in [3.63, 3.8) is 0 Å². The van der Waals surface area contributed by atoms with E-state index < -0.39 is 0 Å². The Balaban J connectivity index is 2.09. The SMILES string of the molecule is CCCn1c2c(cc(C(N)c3ccc(C)cc3)c1=O)CCC2. The predicted octanol–water partition coefficient (Wildman–Crippen LogP) is 3.10. The summed E-state index contributed by atoms with van der Waals surface area (Å²) >= 11 is 0. The molecular formula is C19H24N2O. The predicted molar refractivity (Wildman–Crippen MR) is 90.2 cm³/mol. The Morgan fingerprint density at radius 3 is 2.64 bits per heavy atom. The summed E-state index contributed by atoms with van der Waals surface area (Å²) in [6, 6.07) is 9.86. The Kier molecular flexibility index (Phi) is 4.16. The maximum atomic E-state index is 12.9. The number of nitrogens with zero attached hydrogens (tertiary/aromatic N) is 1. The van der Waals surface area contributed by atoms with Crippen molar-refractivity contribution in [3.05, 3.63) is 68.6 Å². The molecule has 2 aromatic rings. The highest BCUT2D eigenvalue weighted by atomic mass is 16.1. The summed E-state index contributed by atoms with van der Waals surface area (Å²) in [5.41, 5.74) is 12.0. The average molecular weight is 296 g/mol. The zero-order valence-corrected chi connectivity index (χ0v) is 13.4. The number of rotatable bonds is 4. The molecule has 0 radical (unpaired) electrons. The van der Waals surface area contributed by atoms with Gasteiger partial charge in [-0.3, -0.25) is 4.79 Å². The second-order valence-electron chi connectivity index (χ2n) is 6.27. The van der Waals surface area contributed by atoms with Gasteiger partial charge in [0, 0.05) is 17.8 Å². The molecule has 1 aromatic carbocycles. The van der Waals surface area contributed by atoms with E-state index in [0.717, 1.165) is 43.4 Å². The molecule has 0 amide bonds. The second kappa shape index (κ2) is 6.09. The van der Waals surface area contributed by atoms with Gasteiger partial charge in [-0.15, -0.1) is 0 Å². The summed E-state index contributed by atoms with van der Waals surface area (Å²) in [7, 11) is 0. The van der Waals surface area contributed by atoms with Crippen LogP contribution in [-0.2, 0) is 19.4 Å². The quantitative estimate of drug-likeness (QED) is 0.942. The molecule has 1 unspecified atom stereocenters. The van der Waals surface area contributed by atoms with Crippen molar-refractivity contribution < 1.29 is 0 Å². The fourth-order valence-electron chi connectivity index (χ4n) is 3.38. The fraction of sp³-hybridized carbons (Fsp3) is 0.421.